The van der Waals surface area contributed by atoms with Crippen molar-refractivity contribution in [3.63, 3.8) is 0 Å². The van der Waals surface area contributed by atoms with E-state index in [2.05, 4.69) is 0 Å². The number of carbonyl (C=O) groups excluding carboxylic acids is 3. The maximum absolute atomic E-state index is 13.1. The number of amides is 2. The number of likely N-dealkylation sites (tertiary alicyclic amines) is 1. The van der Waals surface area contributed by atoms with Crippen molar-refractivity contribution in [2.45, 2.75) is 44.4 Å². The van der Waals surface area contributed by atoms with Crippen molar-refractivity contribution in [3.05, 3.63) is 29.3 Å². The van der Waals surface area contributed by atoms with Gasteiger partial charge in [-0.25, -0.2) is 8.42 Å². The quantitative estimate of drug-likeness (QED) is 0.570. The van der Waals surface area contributed by atoms with Crippen LogP contribution < -0.4 is 0 Å². The van der Waals surface area contributed by atoms with Gasteiger partial charge in [0, 0.05) is 52.1 Å². The Morgan fingerprint density at radius 1 is 0.909 bits per heavy atom. The smallest absolute Gasteiger partial charge is 0.308 e. The summed E-state index contributed by atoms with van der Waals surface area (Å²) in [5.74, 6) is -0.646. The molecular formula is C23H33N3O6S. The van der Waals surface area contributed by atoms with Crippen LogP contribution in [0.5, 0.6) is 0 Å². The Kier molecular flexibility index (Phi) is 8.12. The molecule has 2 aliphatic rings. The molecule has 2 saturated heterocycles. The lowest BCUT2D eigenvalue weighted by Gasteiger charge is -2.34. The second-order valence-electron chi connectivity index (χ2n) is 8.73. The summed E-state index contributed by atoms with van der Waals surface area (Å²) in [6.07, 6.45) is 1.36. The van der Waals surface area contributed by atoms with Crippen molar-refractivity contribution in [2.75, 3.05) is 46.4 Å². The molecule has 0 aromatic heterocycles. The summed E-state index contributed by atoms with van der Waals surface area (Å²) in [7, 11) is -2.25. The molecule has 2 amide bonds. The van der Waals surface area contributed by atoms with Crippen LogP contribution in [0.15, 0.2) is 23.1 Å². The van der Waals surface area contributed by atoms with Crippen LogP contribution in [0.25, 0.3) is 0 Å². The zero-order valence-electron chi connectivity index (χ0n) is 19.6. The fraction of sp³-hybridized carbons (Fsp3) is 0.609. The lowest BCUT2D eigenvalue weighted by atomic mass is 9.97. The first-order valence-electron chi connectivity index (χ1n) is 11.3. The van der Waals surface area contributed by atoms with Gasteiger partial charge < -0.3 is 14.5 Å². The third-order valence-electron chi connectivity index (χ3n) is 6.49. The second kappa shape index (κ2) is 10.6. The number of piperazine rings is 1. The third kappa shape index (κ3) is 5.92. The van der Waals surface area contributed by atoms with Crippen LogP contribution in [0, 0.1) is 19.8 Å². The number of carbonyl (C=O) groups is 3. The molecular weight excluding hydrogens is 446 g/mol. The maximum Gasteiger partial charge on any atom is 0.308 e. The number of aryl methyl sites for hydroxylation is 2. The lowest BCUT2D eigenvalue weighted by Crippen LogP contribution is -2.50. The molecule has 0 radical (unpaired) electrons. The monoisotopic (exact) mass is 479 g/mol. The molecule has 0 unspecified atom stereocenters. The number of methoxy groups -OCH3 is 1. The van der Waals surface area contributed by atoms with Gasteiger partial charge >= 0.3 is 5.97 Å². The van der Waals surface area contributed by atoms with Crippen molar-refractivity contribution < 1.29 is 27.5 Å². The fourth-order valence-electron chi connectivity index (χ4n) is 4.36. The first-order chi connectivity index (χ1) is 15.6. The van der Waals surface area contributed by atoms with Crippen LogP contribution in [0.1, 0.15) is 36.8 Å². The molecule has 2 aliphatic heterocycles. The van der Waals surface area contributed by atoms with Crippen molar-refractivity contribution in [1.82, 2.24) is 14.1 Å². The van der Waals surface area contributed by atoms with Gasteiger partial charge in [-0.15, -0.1) is 0 Å². The molecule has 0 bridgehead atoms. The minimum atomic E-state index is -3.62. The average Bonchev–Trinajstić information content (AvgIpc) is 2.83. The summed E-state index contributed by atoms with van der Waals surface area (Å²) < 4.78 is 32.3. The maximum atomic E-state index is 13.1. The number of hydrogen-bond donors (Lipinski definition) is 0. The van der Waals surface area contributed by atoms with Crippen molar-refractivity contribution in [1.29, 1.82) is 0 Å². The van der Waals surface area contributed by atoms with Crippen molar-refractivity contribution in [2.24, 2.45) is 5.92 Å². The minimum Gasteiger partial charge on any atom is -0.469 e. The molecule has 2 fully saturated rings. The summed E-state index contributed by atoms with van der Waals surface area (Å²) in [6, 6.07) is 5.37. The normalized spacial score (nSPS) is 18.3. The Balaban J connectivity index is 1.46. The number of benzene rings is 1. The van der Waals surface area contributed by atoms with E-state index in [1.54, 1.807) is 28.9 Å². The first-order valence-corrected chi connectivity index (χ1v) is 12.8. The summed E-state index contributed by atoms with van der Waals surface area (Å²) >= 11 is 0. The number of piperidine rings is 1. The first kappa shape index (κ1) is 25.2. The lowest BCUT2D eigenvalue weighted by molar-refractivity contribution is -0.149. The molecule has 2 heterocycles. The van der Waals surface area contributed by atoms with Gasteiger partial charge in [0.1, 0.15) is 0 Å². The van der Waals surface area contributed by atoms with Gasteiger partial charge in [0.05, 0.1) is 17.9 Å². The van der Waals surface area contributed by atoms with E-state index in [4.69, 9.17) is 4.74 Å². The zero-order chi connectivity index (χ0) is 24.2. The topological polar surface area (TPSA) is 104 Å². The number of rotatable bonds is 6. The number of nitrogens with zero attached hydrogens (tertiary/aromatic N) is 3. The highest BCUT2D eigenvalue weighted by Gasteiger charge is 2.32. The molecule has 0 aliphatic carbocycles. The SMILES string of the molecule is COC(=O)C1CCN(C(=O)CCC(=O)N2CCN(S(=O)(=O)c3cc(C)ccc3C)CC2)CC1. The molecule has 182 valence electrons. The Hall–Kier alpha value is -2.46. The molecule has 3 rings (SSSR count). The number of esters is 1. The summed E-state index contributed by atoms with van der Waals surface area (Å²) in [6.45, 7) is 5.69. The van der Waals surface area contributed by atoms with Gasteiger partial charge in [-0.05, 0) is 43.9 Å². The number of hydrogen-bond acceptors (Lipinski definition) is 6. The van der Waals surface area contributed by atoms with Gasteiger partial charge in [0.25, 0.3) is 0 Å². The number of sulfonamides is 1. The molecule has 33 heavy (non-hydrogen) atoms. The van der Waals surface area contributed by atoms with E-state index in [0.717, 1.165) is 5.56 Å². The van der Waals surface area contributed by atoms with Gasteiger partial charge in [-0.1, -0.05) is 12.1 Å². The van der Waals surface area contributed by atoms with Gasteiger partial charge in [-0.2, -0.15) is 4.31 Å². The average molecular weight is 480 g/mol. The van der Waals surface area contributed by atoms with Crippen LogP contribution in [0.3, 0.4) is 0 Å². The van der Waals surface area contributed by atoms with Crippen LogP contribution in [-0.4, -0.2) is 86.7 Å². The molecule has 1 aromatic rings. The Morgan fingerprint density at radius 3 is 2.00 bits per heavy atom. The molecule has 9 nitrogen and oxygen atoms in total. The van der Waals surface area contributed by atoms with E-state index in [9.17, 15) is 22.8 Å². The van der Waals surface area contributed by atoms with E-state index in [1.807, 2.05) is 13.0 Å². The van der Waals surface area contributed by atoms with E-state index < -0.39 is 10.0 Å². The van der Waals surface area contributed by atoms with Crippen LogP contribution >= 0.6 is 0 Å². The standard InChI is InChI=1S/C23H33N3O6S/c1-17-4-5-18(2)20(16-17)33(30,31)26-14-12-25(13-15-26)22(28)7-6-21(27)24-10-8-19(9-11-24)23(29)32-3/h4-5,16,19H,6-15H2,1-3H3. The summed E-state index contributed by atoms with van der Waals surface area (Å²) in [5, 5.41) is 0. The van der Waals surface area contributed by atoms with E-state index in [1.165, 1.54) is 11.4 Å². The fourth-order valence-corrected chi connectivity index (χ4v) is 6.10. The molecule has 0 saturated carbocycles. The Morgan fingerprint density at radius 2 is 1.45 bits per heavy atom. The van der Waals surface area contributed by atoms with Crippen molar-refractivity contribution in [3.8, 4) is 0 Å². The molecule has 0 atom stereocenters. The highest BCUT2D eigenvalue weighted by molar-refractivity contribution is 7.89. The Bertz CT molecular complexity index is 993. The summed E-state index contributed by atoms with van der Waals surface area (Å²) in [5.41, 5.74) is 1.58. The van der Waals surface area contributed by atoms with E-state index >= 15 is 0 Å². The molecule has 1 aromatic carbocycles. The largest absolute Gasteiger partial charge is 0.469 e. The van der Waals surface area contributed by atoms with Gasteiger partial charge in [0.2, 0.25) is 21.8 Å². The third-order valence-corrected chi connectivity index (χ3v) is 8.53. The highest BCUT2D eigenvalue weighted by Crippen LogP contribution is 2.23. The van der Waals surface area contributed by atoms with Crippen LogP contribution in [0.4, 0.5) is 0 Å². The van der Waals surface area contributed by atoms with Crippen LogP contribution in [-0.2, 0) is 29.1 Å². The highest BCUT2D eigenvalue weighted by atomic mass is 32.2. The minimum absolute atomic E-state index is 0.0946. The van der Waals surface area contributed by atoms with Crippen LogP contribution in [0.2, 0.25) is 0 Å². The second-order valence-corrected chi connectivity index (χ2v) is 10.6. The zero-order valence-corrected chi connectivity index (χ0v) is 20.4. The predicted molar refractivity (Wildman–Crippen MR) is 122 cm³/mol. The van der Waals surface area contributed by atoms with E-state index in [-0.39, 0.29) is 49.6 Å². The van der Waals surface area contributed by atoms with Gasteiger partial charge in [0.15, 0.2) is 0 Å². The summed E-state index contributed by atoms with van der Waals surface area (Å²) in [4.78, 5) is 40.3. The molecule has 0 N–H and O–H groups in total. The Labute approximate surface area is 195 Å². The molecule has 0 spiro atoms. The van der Waals surface area contributed by atoms with Gasteiger partial charge in [-0.3, -0.25) is 14.4 Å². The van der Waals surface area contributed by atoms with Crippen molar-refractivity contribution >= 4 is 27.8 Å². The predicted octanol–water partition coefficient (Wildman–Crippen LogP) is 1.33. The van der Waals surface area contributed by atoms with E-state index in [0.29, 0.717) is 49.5 Å². The molecule has 10 heteroatoms. The number of ether oxygens (including phenoxy) is 1.